The van der Waals surface area contributed by atoms with Crippen molar-refractivity contribution < 1.29 is 4.39 Å². The lowest BCUT2D eigenvalue weighted by atomic mass is 10.3. The Morgan fingerprint density at radius 1 is 1.50 bits per heavy atom. The molecule has 0 atom stereocenters. The number of nitrogens with zero attached hydrogens (tertiary/aromatic N) is 2. The zero-order valence-electron chi connectivity index (χ0n) is 4.88. The van der Waals surface area contributed by atoms with Gasteiger partial charge in [0, 0.05) is 6.07 Å². The normalized spacial score (nSPS) is 8.90. The van der Waals surface area contributed by atoms with E-state index in [-0.39, 0.29) is 10.7 Å². The van der Waals surface area contributed by atoms with E-state index in [4.69, 9.17) is 17.0 Å². The first-order chi connectivity index (χ1) is 4.74. The summed E-state index contributed by atoms with van der Waals surface area (Å²) >= 11 is 5.35. The first-order valence-electron chi connectivity index (χ1n) is 2.54. The van der Waals surface area contributed by atoms with Gasteiger partial charge in [-0.2, -0.15) is 0 Å². The lowest BCUT2D eigenvalue weighted by molar-refractivity contribution is 0.628. The number of hydrogen-bond donors (Lipinski definition) is 0. The summed E-state index contributed by atoms with van der Waals surface area (Å²) in [5.74, 6) is -0.519. The molecule has 0 aliphatic carbocycles. The van der Waals surface area contributed by atoms with E-state index in [0.29, 0.717) is 0 Å². The van der Waals surface area contributed by atoms with Crippen molar-refractivity contribution in [2.24, 2.45) is 0 Å². The molecule has 0 heterocycles. The van der Waals surface area contributed by atoms with E-state index in [2.05, 4.69) is 4.98 Å². The third-order valence-corrected chi connectivity index (χ3v) is 1.31. The predicted octanol–water partition coefficient (Wildman–Crippen LogP) is 2.96. The molecule has 0 aliphatic heterocycles. The van der Waals surface area contributed by atoms with E-state index in [9.17, 15) is 4.39 Å². The first-order valence-corrected chi connectivity index (χ1v) is 2.92. The molecule has 4 heteroatoms. The summed E-state index contributed by atoms with van der Waals surface area (Å²) in [6.45, 7) is 0. The van der Waals surface area contributed by atoms with Gasteiger partial charge in [0.15, 0.2) is 4.98 Å². The van der Waals surface area contributed by atoms with E-state index in [1.807, 2.05) is 0 Å². The Kier molecular flexibility index (Phi) is 1.83. The fourth-order valence-electron chi connectivity index (χ4n) is 0.547. The van der Waals surface area contributed by atoms with Gasteiger partial charge >= 0.3 is 5.69 Å². The molecule has 0 radical (unpaired) electrons. The summed E-state index contributed by atoms with van der Waals surface area (Å²) in [6, 6.07) is 3.69. The molecular formula is C6H3ClFN2+. The number of rotatable bonds is 0. The van der Waals surface area contributed by atoms with Crippen LogP contribution in [0, 0.1) is 11.2 Å². The van der Waals surface area contributed by atoms with Gasteiger partial charge in [-0.25, -0.2) is 4.39 Å². The standard InChI is InChI=1S/C6H3ClFN2/c7-5-3-4(10-9)1-2-6(5)8/h1-3H/q+1. The van der Waals surface area contributed by atoms with Crippen LogP contribution in [0.5, 0.6) is 0 Å². The number of halogens is 2. The average molecular weight is 158 g/mol. The molecule has 1 rings (SSSR count). The lowest BCUT2D eigenvalue weighted by Gasteiger charge is -1.85. The van der Waals surface area contributed by atoms with Crippen LogP contribution in [-0.2, 0) is 0 Å². The molecule has 0 N–H and O–H groups in total. The fraction of sp³-hybridized carbons (Fsp3) is 0. The summed E-state index contributed by atoms with van der Waals surface area (Å²) in [4.78, 5) is 2.82. The molecule has 0 unspecified atom stereocenters. The molecular weight excluding hydrogens is 155 g/mol. The van der Waals surface area contributed by atoms with E-state index >= 15 is 0 Å². The molecule has 2 nitrogen and oxygen atoms in total. The van der Waals surface area contributed by atoms with Crippen LogP contribution in [0.15, 0.2) is 18.2 Å². The van der Waals surface area contributed by atoms with Crippen molar-refractivity contribution in [2.45, 2.75) is 0 Å². The van der Waals surface area contributed by atoms with Gasteiger partial charge in [-0.1, -0.05) is 11.6 Å². The molecule has 0 saturated carbocycles. The average Bonchev–Trinajstić information content (AvgIpc) is 1.95. The van der Waals surface area contributed by atoms with Crippen molar-refractivity contribution in [3.05, 3.63) is 34.0 Å². The number of diazo groups is 1. The largest absolute Gasteiger partial charge is 0.386 e. The monoisotopic (exact) mass is 157 g/mol. The van der Waals surface area contributed by atoms with Gasteiger partial charge < -0.3 is 0 Å². The van der Waals surface area contributed by atoms with Crippen LogP contribution in [-0.4, -0.2) is 0 Å². The summed E-state index contributed by atoms with van der Waals surface area (Å²) < 4.78 is 12.4. The van der Waals surface area contributed by atoms with Gasteiger partial charge in [0.2, 0.25) is 5.39 Å². The highest BCUT2D eigenvalue weighted by molar-refractivity contribution is 6.31. The van der Waals surface area contributed by atoms with Crippen LogP contribution in [0.2, 0.25) is 5.02 Å². The second-order valence-corrected chi connectivity index (χ2v) is 2.11. The van der Waals surface area contributed by atoms with E-state index in [0.717, 1.165) is 6.07 Å². The van der Waals surface area contributed by atoms with Gasteiger partial charge in [-0.15, -0.1) is 0 Å². The molecule has 50 valence electrons. The predicted molar refractivity (Wildman–Crippen MR) is 36.2 cm³/mol. The highest BCUT2D eigenvalue weighted by Crippen LogP contribution is 2.20. The summed E-state index contributed by atoms with van der Waals surface area (Å²) in [5.41, 5.74) is 0.242. The van der Waals surface area contributed by atoms with Crippen molar-refractivity contribution in [1.82, 2.24) is 0 Å². The zero-order valence-corrected chi connectivity index (χ0v) is 5.64. The van der Waals surface area contributed by atoms with Crippen molar-refractivity contribution in [3.8, 4) is 0 Å². The van der Waals surface area contributed by atoms with Crippen LogP contribution >= 0.6 is 11.6 Å². The quantitative estimate of drug-likeness (QED) is 0.532. The molecule has 0 aliphatic rings. The molecule has 1 aromatic rings. The van der Waals surface area contributed by atoms with Gasteiger partial charge in [0.25, 0.3) is 0 Å². The van der Waals surface area contributed by atoms with Gasteiger partial charge in [-0.05, 0) is 6.07 Å². The van der Waals surface area contributed by atoms with E-state index in [1.165, 1.54) is 12.1 Å². The Bertz CT molecular complexity index is 292. The Morgan fingerprint density at radius 2 is 2.20 bits per heavy atom. The van der Waals surface area contributed by atoms with Gasteiger partial charge in [-0.3, -0.25) is 0 Å². The maximum absolute atomic E-state index is 12.4. The van der Waals surface area contributed by atoms with E-state index < -0.39 is 5.82 Å². The summed E-state index contributed by atoms with van der Waals surface area (Å²) in [6.07, 6.45) is 0. The molecule has 0 amide bonds. The van der Waals surface area contributed by atoms with Crippen molar-refractivity contribution in [3.63, 3.8) is 0 Å². The third-order valence-electron chi connectivity index (χ3n) is 1.02. The second kappa shape index (κ2) is 2.63. The molecule has 10 heavy (non-hydrogen) atoms. The Hall–Kier alpha value is -1.14. The maximum atomic E-state index is 12.4. The molecule has 0 spiro atoms. The third kappa shape index (κ3) is 1.23. The van der Waals surface area contributed by atoms with Crippen molar-refractivity contribution >= 4 is 17.3 Å². The van der Waals surface area contributed by atoms with Crippen molar-refractivity contribution in [1.29, 1.82) is 5.39 Å². The summed E-state index contributed by atoms with van der Waals surface area (Å²) in [7, 11) is 0. The second-order valence-electron chi connectivity index (χ2n) is 1.70. The van der Waals surface area contributed by atoms with Gasteiger partial charge in [0.1, 0.15) is 5.82 Å². The molecule has 0 aromatic heterocycles. The van der Waals surface area contributed by atoms with Crippen molar-refractivity contribution in [2.75, 3.05) is 0 Å². The first kappa shape index (κ1) is 6.97. The van der Waals surface area contributed by atoms with Gasteiger partial charge in [0.05, 0.1) is 11.1 Å². The highest BCUT2D eigenvalue weighted by Gasteiger charge is 2.07. The Labute approximate surface area is 61.9 Å². The summed E-state index contributed by atoms with van der Waals surface area (Å²) in [5, 5.41) is 8.15. The SMILES string of the molecule is N#[N+]c1ccc(F)c(Cl)c1. The maximum Gasteiger partial charge on any atom is 0.386 e. The van der Waals surface area contributed by atoms with E-state index in [1.54, 1.807) is 0 Å². The smallest absolute Gasteiger partial charge is 0.205 e. The fourth-order valence-corrected chi connectivity index (χ4v) is 0.722. The molecule has 1 aromatic carbocycles. The van der Waals surface area contributed by atoms with Crippen LogP contribution < -0.4 is 0 Å². The Morgan fingerprint density at radius 3 is 2.70 bits per heavy atom. The minimum Gasteiger partial charge on any atom is -0.205 e. The molecule has 0 saturated heterocycles. The number of benzene rings is 1. The molecule has 0 fully saturated rings. The highest BCUT2D eigenvalue weighted by atomic mass is 35.5. The number of hydrogen-bond acceptors (Lipinski definition) is 1. The van der Waals surface area contributed by atoms with Crippen LogP contribution in [0.3, 0.4) is 0 Å². The Balaban J connectivity index is 3.20. The molecule has 0 bridgehead atoms. The lowest BCUT2D eigenvalue weighted by Crippen LogP contribution is -1.72. The topological polar surface area (TPSA) is 28.1 Å². The van der Waals surface area contributed by atoms with Crippen LogP contribution in [0.25, 0.3) is 4.98 Å². The minimum absolute atomic E-state index is 0.0460. The zero-order chi connectivity index (χ0) is 7.56. The van der Waals surface area contributed by atoms with Crippen LogP contribution in [0.1, 0.15) is 0 Å². The van der Waals surface area contributed by atoms with Crippen LogP contribution in [0.4, 0.5) is 10.1 Å². The minimum atomic E-state index is -0.519.